The third-order valence-electron chi connectivity index (χ3n) is 4.40. The third-order valence-corrected chi connectivity index (χ3v) is 4.40. The molecule has 0 spiro atoms. The second-order valence-electron chi connectivity index (χ2n) is 6.46. The van der Waals surface area contributed by atoms with Crippen LogP contribution in [0.1, 0.15) is 31.9 Å². The topological polar surface area (TPSA) is 78.9 Å². The van der Waals surface area contributed by atoms with E-state index in [1.54, 1.807) is 0 Å². The molecular weight excluding hydrogens is 350 g/mol. The van der Waals surface area contributed by atoms with E-state index in [4.69, 9.17) is 0 Å². The van der Waals surface area contributed by atoms with E-state index < -0.39 is 0 Å². The summed E-state index contributed by atoms with van der Waals surface area (Å²) in [6, 6.07) is 15.7. The van der Waals surface area contributed by atoms with Gasteiger partial charge in [-0.1, -0.05) is 32.0 Å². The Morgan fingerprint density at radius 1 is 0.857 bits per heavy atom. The molecule has 0 saturated carbocycles. The zero-order chi connectivity index (χ0) is 19.9. The molecule has 0 radical (unpaired) electrons. The number of nitrogens with one attached hydrogen (secondary N) is 3. The Balaban J connectivity index is 1.77. The van der Waals surface area contributed by atoms with Gasteiger partial charge in [0.2, 0.25) is 5.91 Å². The van der Waals surface area contributed by atoms with Gasteiger partial charge in [-0.2, -0.15) is 0 Å². The van der Waals surface area contributed by atoms with Crippen LogP contribution in [0.15, 0.2) is 54.9 Å². The van der Waals surface area contributed by atoms with E-state index in [-0.39, 0.29) is 5.91 Å². The second kappa shape index (κ2) is 8.99. The summed E-state index contributed by atoms with van der Waals surface area (Å²) in [4.78, 5) is 19.8. The Bertz CT molecular complexity index is 931. The number of amides is 1. The highest BCUT2D eigenvalue weighted by Gasteiger charge is 2.08. The molecule has 1 aromatic heterocycles. The molecular formula is C22H25N5O. The number of aromatic nitrogens is 2. The lowest BCUT2D eigenvalue weighted by atomic mass is 10.0. The molecule has 3 rings (SSSR count). The maximum Gasteiger partial charge on any atom is 0.221 e. The van der Waals surface area contributed by atoms with Gasteiger partial charge in [0.25, 0.3) is 0 Å². The molecule has 0 atom stereocenters. The van der Waals surface area contributed by atoms with Gasteiger partial charge in [0, 0.05) is 30.1 Å². The minimum Gasteiger partial charge on any atom is -0.340 e. The second-order valence-corrected chi connectivity index (χ2v) is 6.46. The molecule has 0 aliphatic rings. The molecule has 1 heterocycles. The van der Waals surface area contributed by atoms with Crippen molar-refractivity contribution in [3.63, 3.8) is 0 Å². The molecule has 0 saturated heterocycles. The lowest BCUT2D eigenvalue weighted by Crippen LogP contribution is -2.05. The molecule has 2 aromatic carbocycles. The summed E-state index contributed by atoms with van der Waals surface area (Å²) in [6.45, 7) is 5.79. The molecule has 0 aliphatic carbocycles. The Hall–Kier alpha value is -3.41. The number of rotatable bonds is 7. The van der Waals surface area contributed by atoms with Crippen LogP contribution in [0.2, 0.25) is 0 Å². The summed E-state index contributed by atoms with van der Waals surface area (Å²) in [5, 5.41) is 9.48. The van der Waals surface area contributed by atoms with Crippen molar-refractivity contribution in [3.05, 3.63) is 66.0 Å². The average molecular weight is 375 g/mol. The van der Waals surface area contributed by atoms with Crippen molar-refractivity contribution in [2.24, 2.45) is 0 Å². The third kappa shape index (κ3) is 4.85. The quantitative estimate of drug-likeness (QED) is 0.539. The van der Waals surface area contributed by atoms with Crippen molar-refractivity contribution in [2.45, 2.75) is 33.6 Å². The number of aryl methyl sites for hydroxylation is 2. The number of anilines is 5. The Morgan fingerprint density at radius 2 is 1.43 bits per heavy atom. The maximum absolute atomic E-state index is 11.1. The smallest absolute Gasteiger partial charge is 0.221 e. The fourth-order valence-electron chi connectivity index (χ4n) is 3.01. The van der Waals surface area contributed by atoms with Gasteiger partial charge >= 0.3 is 0 Å². The van der Waals surface area contributed by atoms with Crippen LogP contribution in [0.3, 0.4) is 0 Å². The van der Waals surface area contributed by atoms with Gasteiger partial charge in [-0.3, -0.25) is 4.79 Å². The predicted molar refractivity (Wildman–Crippen MR) is 115 cm³/mol. The van der Waals surface area contributed by atoms with Gasteiger partial charge in [0.15, 0.2) is 0 Å². The first-order valence-corrected chi connectivity index (χ1v) is 9.43. The molecule has 0 unspecified atom stereocenters. The maximum atomic E-state index is 11.1. The van der Waals surface area contributed by atoms with Gasteiger partial charge in [0.1, 0.15) is 18.0 Å². The largest absolute Gasteiger partial charge is 0.340 e. The van der Waals surface area contributed by atoms with Crippen molar-refractivity contribution in [1.29, 1.82) is 0 Å². The van der Waals surface area contributed by atoms with E-state index >= 15 is 0 Å². The fourth-order valence-corrected chi connectivity index (χ4v) is 3.01. The van der Waals surface area contributed by atoms with Crippen molar-refractivity contribution < 1.29 is 4.79 Å². The van der Waals surface area contributed by atoms with Gasteiger partial charge in [-0.15, -0.1) is 0 Å². The SMILES string of the molecule is CCc1cccc(CC)c1Nc1cc(Nc2ccc(NC(C)=O)cc2)ncn1. The van der Waals surface area contributed by atoms with Crippen LogP contribution in [-0.4, -0.2) is 15.9 Å². The lowest BCUT2D eigenvalue weighted by molar-refractivity contribution is -0.114. The number of carbonyl (C=O) groups is 1. The van der Waals surface area contributed by atoms with Gasteiger partial charge in [-0.25, -0.2) is 9.97 Å². The van der Waals surface area contributed by atoms with E-state index in [1.807, 2.05) is 30.3 Å². The van der Waals surface area contributed by atoms with Crippen LogP contribution >= 0.6 is 0 Å². The molecule has 1 amide bonds. The van der Waals surface area contributed by atoms with Crippen molar-refractivity contribution in [2.75, 3.05) is 16.0 Å². The highest BCUT2D eigenvalue weighted by atomic mass is 16.1. The highest BCUT2D eigenvalue weighted by Crippen LogP contribution is 2.27. The molecule has 6 nitrogen and oxygen atoms in total. The van der Waals surface area contributed by atoms with E-state index in [2.05, 4.69) is 58.0 Å². The number of benzene rings is 2. The minimum absolute atomic E-state index is 0.0916. The number of carbonyl (C=O) groups excluding carboxylic acids is 1. The van der Waals surface area contributed by atoms with Crippen molar-refractivity contribution in [1.82, 2.24) is 9.97 Å². The number of hydrogen-bond donors (Lipinski definition) is 3. The molecule has 0 aliphatic heterocycles. The molecule has 28 heavy (non-hydrogen) atoms. The van der Waals surface area contributed by atoms with E-state index in [0.29, 0.717) is 5.82 Å². The predicted octanol–water partition coefficient (Wildman–Crippen LogP) is 5.05. The number of nitrogens with zero attached hydrogens (tertiary/aromatic N) is 2. The summed E-state index contributed by atoms with van der Waals surface area (Å²) in [6.07, 6.45) is 3.44. The molecule has 3 aromatic rings. The fraction of sp³-hybridized carbons (Fsp3) is 0.227. The standard InChI is InChI=1S/C22H25N5O/c1-4-16-7-6-8-17(5-2)22(16)27-21-13-20(23-14-24-21)26-19-11-9-18(10-12-19)25-15(3)28/h6-14H,4-5H2,1-3H3,(H,25,28)(H2,23,24,26,27). The summed E-state index contributed by atoms with van der Waals surface area (Å²) in [7, 11) is 0. The number of para-hydroxylation sites is 1. The molecule has 3 N–H and O–H groups in total. The summed E-state index contributed by atoms with van der Waals surface area (Å²) < 4.78 is 0. The Labute approximate surface area is 165 Å². The van der Waals surface area contributed by atoms with Gasteiger partial charge in [0.05, 0.1) is 0 Å². The van der Waals surface area contributed by atoms with Crippen LogP contribution in [0.5, 0.6) is 0 Å². The summed E-state index contributed by atoms with van der Waals surface area (Å²) >= 11 is 0. The number of hydrogen-bond acceptors (Lipinski definition) is 5. The Morgan fingerprint density at radius 3 is 2.00 bits per heavy atom. The van der Waals surface area contributed by atoms with Crippen LogP contribution in [0.4, 0.5) is 28.7 Å². The summed E-state index contributed by atoms with van der Waals surface area (Å²) in [5.74, 6) is 1.34. The summed E-state index contributed by atoms with van der Waals surface area (Å²) in [5.41, 5.74) is 5.28. The lowest BCUT2D eigenvalue weighted by Gasteiger charge is -2.15. The minimum atomic E-state index is -0.0916. The zero-order valence-electron chi connectivity index (χ0n) is 16.4. The first-order chi connectivity index (χ1) is 13.6. The van der Waals surface area contributed by atoms with Crippen LogP contribution < -0.4 is 16.0 Å². The first kappa shape index (κ1) is 19.4. The molecule has 6 heteroatoms. The van der Waals surface area contributed by atoms with Crippen LogP contribution in [0, 0.1) is 0 Å². The monoisotopic (exact) mass is 375 g/mol. The zero-order valence-corrected chi connectivity index (χ0v) is 16.4. The highest BCUT2D eigenvalue weighted by molar-refractivity contribution is 5.88. The van der Waals surface area contributed by atoms with E-state index in [1.165, 1.54) is 24.4 Å². The van der Waals surface area contributed by atoms with Gasteiger partial charge in [-0.05, 0) is 48.2 Å². The van der Waals surface area contributed by atoms with Crippen LogP contribution in [-0.2, 0) is 17.6 Å². The normalized spacial score (nSPS) is 10.4. The van der Waals surface area contributed by atoms with Gasteiger partial charge < -0.3 is 16.0 Å². The molecule has 0 bridgehead atoms. The average Bonchev–Trinajstić information content (AvgIpc) is 2.69. The Kier molecular flexibility index (Phi) is 6.22. The molecule has 0 fully saturated rings. The van der Waals surface area contributed by atoms with Crippen molar-refractivity contribution in [3.8, 4) is 0 Å². The van der Waals surface area contributed by atoms with E-state index in [0.717, 1.165) is 35.7 Å². The first-order valence-electron chi connectivity index (χ1n) is 9.43. The van der Waals surface area contributed by atoms with E-state index in [9.17, 15) is 4.79 Å². The van der Waals surface area contributed by atoms with Crippen molar-refractivity contribution >= 4 is 34.6 Å². The van der Waals surface area contributed by atoms with Crippen LogP contribution in [0.25, 0.3) is 0 Å². The molecule has 144 valence electrons.